The summed E-state index contributed by atoms with van der Waals surface area (Å²) >= 11 is 6.36. The number of hydrogen-bond donors (Lipinski definition) is 0. The van der Waals surface area contributed by atoms with E-state index in [1.165, 1.54) is 0 Å². The molecule has 0 saturated heterocycles. The lowest BCUT2D eigenvalue weighted by Gasteiger charge is -2.15. The van der Waals surface area contributed by atoms with Crippen molar-refractivity contribution < 1.29 is 9.47 Å². The average Bonchev–Trinajstić information content (AvgIpc) is 2.42. The molecule has 112 valence electrons. The predicted molar refractivity (Wildman–Crippen MR) is 86.1 cm³/mol. The van der Waals surface area contributed by atoms with Gasteiger partial charge in [-0.3, -0.25) is 0 Å². The number of ether oxygens (including phenoxy) is 2. The molecule has 0 saturated carbocycles. The van der Waals surface area contributed by atoms with Gasteiger partial charge in [0.1, 0.15) is 0 Å². The maximum atomic E-state index is 6.36. The fourth-order valence-corrected chi connectivity index (χ4v) is 2.28. The monoisotopic (exact) mass is 296 g/mol. The van der Waals surface area contributed by atoms with Gasteiger partial charge in [0.2, 0.25) is 0 Å². The summed E-state index contributed by atoms with van der Waals surface area (Å²) in [5.74, 6) is 1.96. The van der Waals surface area contributed by atoms with Crippen LogP contribution >= 0.6 is 11.6 Å². The molecule has 1 aromatic carbocycles. The van der Waals surface area contributed by atoms with Crippen molar-refractivity contribution >= 4 is 11.6 Å². The van der Waals surface area contributed by atoms with Crippen LogP contribution in [0.25, 0.3) is 0 Å². The van der Waals surface area contributed by atoms with Crippen molar-refractivity contribution in [1.29, 1.82) is 0 Å². The second kappa shape index (κ2) is 8.91. The Balaban J connectivity index is 2.96. The molecule has 3 heteroatoms. The first-order valence-corrected chi connectivity index (χ1v) is 7.74. The molecular formula is C17H25ClO2. The predicted octanol–water partition coefficient (Wildman–Crippen LogP) is 5.28. The van der Waals surface area contributed by atoms with E-state index >= 15 is 0 Å². The van der Waals surface area contributed by atoms with Crippen molar-refractivity contribution in [3.8, 4) is 11.5 Å². The van der Waals surface area contributed by atoms with Gasteiger partial charge in [0, 0.05) is 11.1 Å². The van der Waals surface area contributed by atoms with Gasteiger partial charge in [-0.05, 0) is 44.2 Å². The molecule has 0 fully saturated rings. The molecule has 0 aliphatic carbocycles. The van der Waals surface area contributed by atoms with Crippen LogP contribution in [0.2, 0.25) is 5.02 Å². The Bertz CT molecular complexity index is 441. The topological polar surface area (TPSA) is 18.5 Å². The van der Waals surface area contributed by atoms with Crippen LogP contribution in [-0.4, -0.2) is 13.2 Å². The summed E-state index contributed by atoms with van der Waals surface area (Å²) in [5.41, 5.74) is 1.10. The highest BCUT2D eigenvalue weighted by atomic mass is 35.5. The number of hydrogen-bond acceptors (Lipinski definition) is 2. The second-order valence-corrected chi connectivity index (χ2v) is 5.18. The van der Waals surface area contributed by atoms with Gasteiger partial charge in [-0.1, -0.05) is 37.6 Å². The molecule has 0 N–H and O–H groups in total. The lowest BCUT2D eigenvalue weighted by molar-refractivity contribution is 0.287. The maximum absolute atomic E-state index is 6.36. The summed E-state index contributed by atoms with van der Waals surface area (Å²) in [6.07, 6.45) is 6.39. The highest BCUT2D eigenvalue weighted by Gasteiger charge is 2.12. The van der Waals surface area contributed by atoms with Gasteiger partial charge in [-0.15, -0.1) is 0 Å². The number of rotatable bonds is 8. The normalized spacial score (nSPS) is 12.7. The molecule has 2 nitrogen and oxygen atoms in total. The fraction of sp³-hybridized carbons (Fsp3) is 0.529. The first-order chi connectivity index (χ1) is 9.62. The Morgan fingerprint density at radius 3 is 2.25 bits per heavy atom. The van der Waals surface area contributed by atoms with E-state index in [4.69, 9.17) is 21.1 Å². The van der Waals surface area contributed by atoms with E-state index in [0.29, 0.717) is 19.1 Å². The van der Waals surface area contributed by atoms with Crippen LogP contribution in [0, 0.1) is 5.92 Å². The van der Waals surface area contributed by atoms with E-state index in [1.807, 2.05) is 26.0 Å². The number of halogens is 1. The Morgan fingerprint density at radius 2 is 1.70 bits per heavy atom. The Hall–Kier alpha value is -1.15. The van der Waals surface area contributed by atoms with Gasteiger partial charge in [0.25, 0.3) is 0 Å². The SMILES string of the molecule is CC/C=C\C(C)Cc1cc(OCC)c(OCC)cc1Cl. The van der Waals surface area contributed by atoms with Gasteiger partial charge >= 0.3 is 0 Å². The molecule has 0 heterocycles. The van der Waals surface area contributed by atoms with Crippen molar-refractivity contribution in [1.82, 2.24) is 0 Å². The first-order valence-electron chi connectivity index (χ1n) is 7.36. The van der Waals surface area contributed by atoms with Crippen LogP contribution in [0.3, 0.4) is 0 Å². The zero-order chi connectivity index (χ0) is 15.0. The summed E-state index contributed by atoms with van der Waals surface area (Å²) in [5, 5.41) is 0.744. The number of benzene rings is 1. The highest BCUT2D eigenvalue weighted by molar-refractivity contribution is 6.31. The standard InChI is InChI=1S/C17H25ClO2/c1-5-8-9-13(4)10-14-11-16(19-6-2)17(20-7-3)12-15(14)18/h8-9,11-13H,5-7,10H2,1-4H3/b9-8-. The second-order valence-electron chi connectivity index (χ2n) is 4.77. The van der Waals surface area contributed by atoms with Crippen molar-refractivity contribution in [3.05, 3.63) is 34.9 Å². The van der Waals surface area contributed by atoms with Gasteiger partial charge < -0.3 is 9.47 Å². The molecule has 0 aromatic heterocycles. The smallest absolute Gasteiger partial charge is 0.162 e. The van der Waals surface area contributed by atoms with Crippen LogP contribution in [0.15, 0.2) is 24.3 Å². The zero-order valence-corrected chi connectivity index (χ0v) is 13.7. The summed E-state index contributed by atoms with van der Waals surface area (Å²) in [4.78, 5) is 0. The molecule has 0 radical (unpaired) electrons. The molecule has 1 rings (SSSR count). The van der Waals surface area contributed by atoms with E-state index in [9.17, 15) is 0 Å². The van der Waals surface area contributed by atoms with Gasteiger partial charge in [-0.25, -0.2) is 0 Å². The average molecular weight is 297 g/mol. The van der Waals surface area contributed by atoms with Crippen LogP contribution in [0.5, 0.6) is 11.5 Å². The van der Waals surface area contributed by atoms with Gasteiger partial charge in [0.05, 0.1) is 13.2 Å². The molecule has 0 aliphatic heterocycles. The van der Waals surface area contributed by atoms with E-state index in [0.717, 1.165) is 34.9 Å². The molecule has 0 aliphatic rings. The third-order valence-electron chi connectivity index (χ3n) is 2.95. The van der Waals surface area contributed by atoms with Gasteiger partial charge in [0.15, 0.2) is 11.5 Å². The third-order valence-corrected chi connectivity index (χ3v) is 3.31. The molecule has 0 bridgehead atoms. The van der Waals surface area contributed by atoms with Crippen molar-refractivity contribution in [2.45, 2.75) is 40.5 Å². The van der Waals surface area contributed by atoms with Crippen molar-refractivity contribution in [2.24, 2.45) is 5.92 Å². The highest BCUT2D eigenvalue weighted by Crippen LogP contribution is 2.34. The molecule has 1 aromatic rings. The van der Waals surface area contributed by atoms with E-state index in [-0.39, 0.29) is 0 Å². The van der Waals surface area contributed by atoms with E-state index in [2.05, 4.69) is 26.0 Å². The maximum Gasteiger partial charge on any atom is 0.162 e. The molecule has 20 heavy (non-hydrogen) atoms. The van der Waals surface area contributed by atoms with E-state index in [1.54, 1.807) is 0 Å². The summed E-state index contributed by atoms with van der Waals surface area (Å²) in [6.45, 7) is 9.48. The Labute approximate surface area is 127 Å². The summed E-state index contributed by atoms with van der Waals surface area (Å²) in [6, 6.07) is 3.87. The minimum atomic E-state index is 0.458. The molecule has 1 atom stereocenters. The minimum Gasteiger partial charge on any atom is -0.490 e. The van der Waals surface area contributed by atoms with Crippen LogP contribution in [-0.2, 0) is 6.42 Å². The summed E-state index contributed by atoms with van der Waals surface area (Å²) < 4.78 is 11.2. The van der Waals surface area contributed by atoms with Gasteiger partial charge in [-0.2, -0.15) is 0 Å². The lowest BCUT2D eigenvalue weighted by atomic mass is 10.00. The summed E-state index contributed by atoms with van der Waals surface area (Å²) in [7, 11) is 0. The minimum absolute atomic E-state index is 0.458. The zero-order valence-electron chi connectivity index (χ0n) is 12.9. The van der Waals surface area contributed by atoms with Crippen molar-refractivity contribution in [3.63, 3.8) is 0 Å². The Morgan fingerprint density at radius 1 is 1.10 bits per heavy atom. The van der Waals surface area contributed by atoms with Crippen LogP contribution in [0.4, 0.5) is 0 Å². The largest absolute Gasteiger partial charge is 0.490 e. The Kier molecular flexibility index (Phi) is 7.53. The quantitative estimate of drug-likeness (QED) is 0.607. The molecule has 0 amide bonds. The van der Waals surface area contributed by atoms with Crippen LogP contribution in [0.1, 0.15) is 39.7 Å². The van der Waals surface area contributed by atoms with Crippen LogP contribution < -0.4 is 9.47 Å². The molecule has 1 unspecified atom stereocenters. The molecule has 0 spiro atoms. The lowest BCUT2D eigenvalue weighted by Crippen LogP contribution is -2.02. The fourth-order valence-electron chi connectivity index (χ4n) is 2.05. The van der Waals surface area contributed by atoms with Crippen molar-refractivity contribution in [2.75, 3.05) is 13.2 Å². The molecular weight excluding hydrogens is 272 g/mol. The number of allylic oxidation sites excluding steroid dienone is 2. The third kappa shape index (κ3) is 5.09. The first kappa shape index (κ1) is 16.9. The van der Waals surface area contributed by atoms with E-state index < -0.39 is 0 Å².